The Morgan fingerprint density at radius 3 is 2.45 bits per heavy atom. The maximum atomic E-state index is 13.1. The Bertz CT molecular complexity index is 651. The van der Waals surface area contributed by atoms with Crippen LogP contribution in [-0.2, 0) is 0 Å². The van der Waals surface area contributed by atoms with E-state index in [1.165, 1.54) is 24.3 Å². The molecular formula is C15H13FN2O2. The monoisotopic (exact) mass is 272 g/mol. The Labute approximate surface area is 115 Å². The highest BCUT2D eigenvalue weighted by Gasteiger charge is 2.02. The van der Waals surface area contributed by atoms with E-state index in [1.54, 1.807) is 31.2 Å². The van der Waals surface area contributed by atoms with Gasteiger partial charge in [-0.1, -0.05) is 12.1 Å². The number of carbonyl (C=O) groups is 1. The highest BCUT2D eigenvalue weighted by atomic mass is 19.1. The van der Waals surface area contributed by atoms with Crippen LogP contribution in [0.15, 0.2) is 53.6 Å². The summed E-state index contributed by atoms with van der Waals surface area (Å²) in [7, 11) is 0. The van der Waals surface area contributed by atoms with E-state index >= 15 is 0 Å². The minimum absolute atomic E-state index is 0.210. The van der Waals surface area contributed by atoms with E-state index in [-0.39, 0.29) is 11.4 Å². The van der Waals surface area contributed by atoms with Gasteiger partial charge >= 0.3 is 5.97 Å². The molecule has 20 heavy (non-hydrogen) atoms. The van der Waals surface area contributed by atoms with Crippen LogP contribution in [0.2, 0.25) is 0 Å². The Balaban J connectivity index is 2.10. The van der Waals surface area contributed by atoms with Crippen molar-refractivity contribution in [3.63, 3.8) is 0 Å². The number of nitrogens with zero attached hydrogens (tertiary/aromatic N) is 1. The number of hydrogen-bond acceptors (Lipinski definition) is 3. The Morgan fingerprint density at radius 1 is 1.15 bits per heavy atom. The summed E-state index contributed by atoms with van der Waals surface area (Å²) in [5.74, 6) is -1.29. The van der Waals surface area contributed by atoms with Gasteiger partial charge < -0.3 is 5.11 Å². The Morgan fingerprint density at radius 2 is 1.85 bits per heavy atom. The molecule has 0 fully saturated rings. The maximum absolute atomic E-state index is 13.1. The predicted octanol–water partition coefficient (Wildman–Crippen LogP) is 3.36. The molecule has 0 saturated heterocycles. The lowest BCUT2D eigenvalue weighted by atomic mass is 10.1. The first kappa shape index (κ1) is 13.7. The third-order valence-electron chi connectivity index (χ3n) is 2.73. The molecule has 5 heteroatoms. The number of rotatable bonds is 4. The van der Waals surface area contributed by atoms with Gasteiger partial charge in [-0.3, -0.25) is 5.43 Å². The molecule has 4 nitrogen and oxygen atoms in total. The van der Waals surface area contributed by atoms with Gasteiger partial charge in [0.05, 0.1) is 17.0 Å². The van der Waals surface area contributed by atoms with Crippen LogP contribution >= 0.6 is 0 Å². The Hall–Kier alpha value is -2.69. The maximum Gasteiger partial charge on any atom is 0.335 e. The number of carboxylic acids is 1. The van der Waals surface area contributed by atoms with Crippen LogP contribution in [0, 0.1) is 5.82 Å². The van der Waals surface area contributed by atoms with Gasteiger partial charge in [0.15, 0.2) is 0 Å². The number of benzene rings is 2. The van der Waals surface area contributed by atoms with E-state index in [1.807, 2.05) is 0 Å². The molecule has 0 saturated carbocycles. The van der Waals surface area contributed by atoms with Gasteiger partial charge in [0.2, 0.25) is 0 Å². The third-order valence-corrected chi connectivity index (χ3v) is 2.73. The molecule has 102 valence electrons. The van der Waals surface area contributed by atoms with Crippen LogP contribution in [0.1, 0.15) is 22.8 Å². The van der Waals surface area contributed by atoms with Crippen LogP contribution < -0.4 is 5.43 Å². The van der Waals surface area contributed by atoms with Crippen LogP contribution in [-0.4, -0.2) is 16.8 Å². The van der Waals surface area contributed by atoms with Crippen molar-refractivity contribution in [2.45, 2.75) is 6.92 Å². The van der Waals surface area contributed by atoms with Crippen molar-refractivity contribution in [2.24, 2.45) is 5.10 Å². The van der Waals surface area contributed by atoms with Gasteiger partial charge in [0, 0.05) is 5.56 Å². The topological polar surface area (TPSA) is 61.7 Å². The van der Waals surface area contributed by atoms with E-state index in [4.69, 9.17) is 5.11 Å². The van der Waals surface area contributed by atoms with E-state index in [0.717, 1.165) is 0 Å². The van der Waals surface area contributed by atoms with E-state index in [0.29, 0.717) is 17.0 Å². The molecule has 0 aliphatic rings. The molecule has 0 aromatic heterocycles. The second-order valence-electron chi connectivity index (χ2n) is 4.20. The lowest BCUT2D eigenvalue weighted by Gasteiger charge is -2.04. The van der Waals surface area contributed by atoms with Gasteiger partial charge in [-0.25, -0.2) is 9.18 Å². The number of hydrazone groups is 1. The van der Waals surface area contributed by atoms with Crippen molar-refractivity contribution in [3.8, 4) is 0 Å². The number of halogens is 1. The molecule has 0 unspecified atom stereocenters. The largest absolute Gasteiger partial charge is 0.478 e. The summed E-state index contributed by atoms with van der Waals surface area (Å²) in [6, 6.07) is 12.3. The number of anilines is 1. The van der Waals surface area contributed by atoms with Crippen molar-refractivity contribution in [2.75, 3.05) is 5.43 Å². The first-order chi connectivity index (χ1) is 9.56. The van der Waals surface area contributed by atoms with E-state index in [2.05, 4.69) is 10.5 Å². The lowest BCUT2D eigenvalue weighted by Crippen LogP contribution is -2.01. The van der Waals surface area contributed by atoms with Gasteiger partial charge in [0.1, 0.15) is 5.82 Å². The fourth-order valence-corrected chi connectivity index (χ4v) is 1.61. The Kier molecular flexibility index (Phi) is 4.10. The molecule has 2 N–H and O–H groups in total. The molecule has 2 aromatic rings. The summed E-state index contributed by atoms with van der Waals surface area (Å²) in [5, 5.41) is 12.9. The fourth-order valence-electron chi connectivity index (χ4n) is 1.61. The highest BCUT2D eigenvalue weighted by molar-refractivity contribution is 5.99. The second kappa shape index (κ2) is 5.97. The van der Waals surface area contributed by atoms with Gasteiger partial charge in [-0.05, 0) is 43.3 Å². The van der Waals surface area contributed by atoms with Gasteiger partial charge in [-0.2, -0.15) is 5.10 Å². The standard InChI is InChI=1S/C15H13FN2O2/c1-10(12-3-2-4-13(16)9-12)17-18-14-7-5-11(6-8-14)15(19)20/h2-9,18H,1H3,(H,19,20)/b17-10+. The molecule has 0 aliphatic carbocycles. The van der Waals surface area contributed by atoms with Crippen molar-refractivity contribution in [3.05, 3.63) is 65.5 Å². The average Bonchev–Trinajstić information content (AvgIpc) is 2.45. The summed E-state index contributed by atoms with van der Waals surface area (Å²) < 4.78 is 13.1. The number of carboxylic acid groups (broad SMARTS) is 1. The van der Waals surface area contributed by atoms with E-state index in [9.17, 15) is 9.18 Å². The first-order valence-corrected chi connectivity index (χ1v) is 5.96. The molecule has 2 rings (SSSR count). The minimum Gasteiger partial charge on any atom is -0.478 e. The van der Waals surface area contributed by atoms with Gasteiger partial charge in [-0.15, -0.1) is 0 Å². The molecule has 0 amide bonds. The molecular weight excluding hydrogens is 259 g/mol. The van der Waals surface area contributed by atoms with Crippen LogP contribution in [0.4, 0.5) is 10.1 Å². The average molecular weight is 272 g/mol. The van der Waals surface area contributed by atoms with Crippen LogP contribution in [0.5, 0.6) is 0 Å². The zero-order valence-electron chi connectivity index (χ0n) is 10.8. The quantitative estimate of drug-likeness (QED) is 0.662. The summed E-state index contributed by atoms with van der Waals surface area (Å²) in [6.45, 7) is 1.76. The SMILES string of the molecule is C/C(=N\Nc1ccc(C(=O)O)cc1)c1cccc(F)c1. The zero-order chi connectivity index (χ0) is 14.5. The predicted molar refractivity (Wildman–Crippen MR) is 75.6 cm³/mol. The van der Waals surface area contributed by atoms with Crippen LogP contribution in [0.25, 0.3) is 0 Å². The number of nitrogens with one attached hydrogen (secondary N) is 1. The first-order valence-electron chi connectivity index (χ1n) is 5.96. The fraction of sp³-hybridized carbons (Fsp3) is 0.0667. The van der Waals surface area contributed by atoms with E-state index < -0.39 is 5.97 Å². The summed E-state index contributed by atoms with van der Waals surface area (Å²) in [6.07, 6.45) is 0. The van der Waals surface area contributed by atoms with Crippen LogP contribution in [0.3, 0.4) is 0 Å². The van der Waals surface area contributed by atoms with Crippen molar-refractivity contribution in [1.29, 1.82) is 0 Å². The zero-order valence-corrected chi connectivity index (χ0v) is 10.8. The third kappa shape index (κ3) is 3.41. The highest BCUT2D eigenvalue weighted by Crippen LogP contribution is 2.11. The van der Waals surface area contributed by atoms with Gasteiger partial charge in [0.25, 0.3) is 0 Å². The molecule has 0 aliphatic heterocycles. The smallest absolute Gasteiger partial charge is 0.335 e. The second-order valence-corrected chi connectivity index (χ2v) is 4.20. The molecule has 2 aromatic carbocycles. The lowest BCUT2D eigenvalue weighted by molar-refractivity contribution is 0.0697. The van der Waals surface area contributed by atoms with Crippen molar-refractivity contribution in [1.82, 2.24) is 0 Å². The summed E-state index contributed by atoms with van der Waals surface area (Å²) >= 11 is 0. The number of aromatic carboxylic acids is 1. The summed E-state index contributed by atoms with van der Waals surface area (Å²) in [5.41, 5.74) is 4.98. The molecule has 0 atom stereocenters. The molecule has 0 radical (unpaired) electrons. The number of hydrogen-bond donors (Lipinski definition) is 2. The molecule has 0 spiro atoms. The van der Waals surface area contributed by atoms with Crippen molar-refractivity contribution < 1.29 is 14.3 Å². The van der Waals surface area contributed by atoms with Crippen molar-refractivity contribution >= 4 is 17.4 Å². The molecule has 0 bridgehead atoms. The molecule has 0 heterocycles. The normalized spacial score (nSPS) is 11.2. The summed E-state index contributed by atoms with van der Waals surface area (Å²) in [4.78, 5) is 10.7. The minimum atomic E-state index is -0.976.